The van der Waals surface area contributed by atoms with Crippen LogP contribution in [-0.4, -0.2) is 31.2 Å². The molecule has 2 unspecified atom stereocenters. The van der Waals surface area contributed by atoms with Crippen LogP contribution in [0.1, 0.15) is 22.7 Å². The van der Waals surface area contributed by atoms with Gasteiger partial charge in [0.05, 0.1) is 6.04 Å². The minimum atomic E-state index is -0.854. The Balaban J connectivity index is 3.16. The highest BCUT2D eigenvalue weighted by atomic mass is 16.4. The van der Waals surface area contributed by atoms with E-state index in [9.17, 15) is 9.90 Å². The van der Waals surface area contributed by atoms with Gasteiger partial charge in [0.2, 0.25) is 0 Å². The summed E-state index contributed by atoms with van der Waals surface area (Å²) in [5.41, 5.74) is 3.25. The number of hydrogen-bond acceptors (Lipinski definition) is 3. The molecule has 0 saturated heterocycles. The Bertz CT molecular complexity index is 404. The van der Waals surface area contributed by atoms with Crippen molar-refractivity contribution >= 4 is 5.97 Å². The van der Waals surface area contributed by atoms with Crippen molar-refractivity contribution in [2.24, 2.45) is 0 Å². The SMILES string of the molecule is CNC(C(=O)O)C(NC)c1cc(C)ccc1C. The Hall–Kier alpha value is -1.39. The zero-order valence-corrected chi connectivity index (χ0v) is 10.7. The number of nitrogens with one attached hydrogen (secondary N) is 2. The molecule has 94 valence electrons. The summed E-state index contributed by atoms with van der Waals surface area (Å²) in [6.45, 7) is 4.00. The maximum Gasteiger partial charge on any atom is 0.322 e. The predicted octanol–water partition coefficient (Wildman–Crippen LogP) is 1.24. The van der Waals surface area contributed by atoms with Crippen molar-refractivity contribution in [3.63, 3.8) is 0 Å². The molecule has 0 radical (unpaired) electrons. The van der Waals surface area contributed by atoms with Crippen LogP contribution >= 0.6 is 0 Å². The second kappa shape index (κ2) is 5.80. The minimum absolute atomic E-state index is 0.239. The van der Waals surface area contributed by atoms with Gasteiger partial charge in [0.1, 0.15) is 6.04 Å². The molecule has 0 saturated carbocycles. The molecule has 4 nitrogen and oxygen atoms in total. The fraction of sp³-hybridized carbons (Fsp3) is 0.462. The highest BCUT2D eigenvalue weighted by Crippen LogP contribution is 2.22. The number of likely N-dealkylation sites (N-methyl/N-ethyl adjacent to an activating group) is 2. The molecule has 0 heterocycles. The summed E-state index contributed by atoms with van der Waals surface area (Å²) < 4.78 is 0. The van der Waals surface area contributed by atoms with Crippen LogP contribution in [0.2, 0.25) is 0 Å². The number of aliphatic carboxylic acids is 1. The molecule has 0 spiro atoms. The number of aryl methyl sites for hydroxylation is 2. The number of carboxylic acid groups (broad SMARTS) is 1. The summed E-state index contributed by atoms with van der Waals surface area (Å²) in [6, 6.07) is 5.20. The maximum absolute atomic E-state index is 11.2. The summed E-state index contributed by atoms with van der Waals surface area (Å²) in [6.07, 6.45) is 0. The van der Waals surface area contributed by atoms with Gasteiger partial charge in [-0.15, -0.1) is 0 Å². The molecule has 1 rings (SSSR count). The van der Waals surface area contributed by atoms with Crippen LogP contribution in [0, 0.1) is 13.8 Å². The van der Waals surface area contributed by atoms with Crippen LogP contribution in [0.15, 0.2) is 18.2 Å². The Morgan fingerprint density at radius 3 is 2.35 bits per heavy atom. The quantitative estimate of drug-likeness (QED) is 0.720. The highest BCUT2D eigenvalue weighted by Gasteiger charge is 2.27. The molecule has 0 aromatic heterocycles. The topological polar surface area (TPSA) is 61.4 Å². The third-order valence-electron chi connectivity index (χ3n) is 2.99. The van der Waals surface area contributed by atoms with Gasteiger partial charge >= 0.3 is 5.97 Å². The lowest BCUT2D eigenvalue weighted by Gasteiger charge is -2.25. The van der Waals surface area contributed by atoms with Crippen molar-refractivity contribution < 1.29 is 9.90 Å². The fourth-order valence-corrected chi connectivity index (χ4v) is 2.03. The van der Waals surface area contributed by atoms with Gasteiger partial charge in [0, 0.05) is 0 Å². The van der Waals surface area contributed by atoms with Crippen LogP contribution in [0.5, 0.6) is 0 Å². The molecular weight excluding hydrogens is 216 g/mol. The smallest absolute Gasteiger partial charge is 0.322 e. The monoisotopic (exact) mass is 236 g/mol. The van der Waals surface area contributed by atoms with E-state index in [1.165, 1.54) is 0 Å². The second-order valence-corrected chi connectivity index (χ2v) is 4.23. The van der Waals surface area contributed by atoms with Crippen LogP contribution < -0.4 is 10.6 Å². The molecular formula is C13H20N2O2. The van der Waals surface area contributed by atoms with E-state index in [0.717, 1.165) is 16.7 Å². The zero-order valence-electron chi connectivity index (χ0n) is 10.7. The molecule has 0 aliphatic heterocycles. The molecule has 1 aromatic carbocycles. The molecule has 0 fully saturated rings. The van der Waals surface area contributed by atoms with Crippen LogP contribution in [0.25, 0.3) is 0 Å². The largest absolute Gasteiger partial charge is 0.480 e. The van der Waals surface area contributed by atoms with E-state index < -0.39 is 12.0 Å². The minimum Gasteiger partial charge on any atom is -0.480 e. The Morgan fingerprint density at radius 1 is 1.24 bits per heavy atom. The predicted molar refractivity (Wildman–Crippen MR) is 68.2 cm³/mol. The molecule has 0 amide bonds. The summed E-state index contributed by atoms with van der Waals surface area (Å²) in [5.74, 6) is -0.854. The molecule has 17 heavy (non-hydrogen) atoms. The van der Waals surface area contributed by atoms with E-state index in [4.69, 9.17) is 0 Å². The zero-order chi connectivity index (χ0) is 13.0. The average Bonchev–Trinajstić information content (AvgIpc) is 2.28. The van der Waals surface area contributed by atoms with E-state index in [1.54, 1.807) is 14.1 Å². The fourth-order valence-electron chi connectivity index (χ4n) is 2.03. The van der Waals surface area contributed by atoms with Gasteiger partial charge < -0.3 is 15.7 Å². The standard InChI is InChI=1S/C13H20N2O2/c1-8-5-6-9(2)10(7-8)11(14-3)12(15-4)13(16)17/h5-7,11-12,14-15H,1-4H3,(H,16,17). The average molecular weight is 236 g/mol. The van der Waals surface area contributed by atoms with Crippen molar-refractivity contribution in [3.05, 3.63) is 34.9 Å². The van der Waals surface area contributed by atoms with Crippen molar-refractivity contribution in [3.8, 4) is 0 Å². The van der Waals surface area contributed by atoms with Crippen LogP contribution in [0.3, 0.4) is 0 Å². The lowest BCUT2D eigenvalue weighted by atomic mass is 9.94. The van der Waals surface area contributed by atoms with Crippen LogP contribution in [0.4, 0.5) is 0 Å². The lowest BCUT2D eigenvalue weighted by molar-refractivity contribution is -0.140. The molecule has 0 aliphatic rings. The molecule has 3 N–H and O–H groups in total. The third kappa shape index (κ3) is 3.05. The number of carbonyl (C=O) groups is 1. The Morgan fingerprint density at radius 2 is 1.88 bits per heavy atom. The van der Waals surface area contributed by atoms with Gasteiger partial charge in [0.15, 0.2) is 0 Å². The van der Waals surface area contributed by atoms with Gasteiger partial charge in [-0.3, -0.25) is 4.79 Å². The number of hydrogen-bond donors (Lipinski definition) is 3. The van der Waals surface area contributed by atoms with Gasteiger partial charge in [-0.2, -0.15) is 0 Å². The highest BCUT2D eigenvalue weighted by molar-refractivity contribution is 5.75. The van der Waals surface area contributed by atoms with Gasteiger partial charge in [-0.25, -0.2) is 0 Å². The maximum atomic E-state index is 11.2. The van der Waals surface area contributed by atoms with Gasteiger partial charge in [-0.1, -0.05) is 23.8 Å². The molecule has 0 bridgehead atoms. The van der Waals surface area contributed by atoms with E-state index in [2.05, 4.69) is 10.6 Å². The Labute approximate surface area is 102 Å². The first-order chi connectivity index (χ1) is 8.01. The molecule has 1 aromatic rings. The summed E-state index contributed by atoms with van der Waals surface area (Å²) in [7, 11) is 3.44. The third-order valence-corrected chi connectivity index (χ3v) is 2.99. The second-order valence-electron chi connectivity index (χ2n) is 4.23. The first kappa shape index (κ1) is 13.7. The van der Waals surface area contributed by atoms with Crippen molar-refractivity contribution in [1.82, 2.24) is 10.6 Å². The number of rotatable bonds is 5. The summed E-state index contributed by atoms with van der Waals surface area (Å²) >= 11 is 0. The van der Waals surface area contributed by atoms with E-state index in [1.807, 2.05) is 32.0 Å². The number of carboxylic acids is 1. The van der Waals surface area contributed by atoms with Crippen molar-refractivity contribution in [2.45, 2.75) is 25.9 Å². The number of benzene rings is 1. The van der Waals surface area contributed by atoms with Gasteiger partial charge in [-0.05, 0) is 39.1 Å². The van der Waals surface area contributed by atoms with Crippen molar-refractivity contribution in [2.75, 3.05) is 14.1 Å². The van der Waals surface area contributed by atoms with Crippen LogP contribution in [-0.2, 0) is 4.79 Å². The summed E-state index contributed by atoms with van der Waals surface area (Å²) in [4.78, 5) is 11.2. The van der Waals surface area contributed by atoms with E-state index in [-0.39, 0.29) is 6.04 Å². The Kier molecular flexibility index (Phi) is 4.66. The summed E-state index contributed by atoms with van der Waals surface area (Å²) in [5, 5.41) is 15.1. The molecule has 2 atom stereocenters. The lowest BCUT2D eigenvalue weighted by Crippen LogP contribution is -2.44. The molecule has 4 heteroatoms. The van der Waals surface area contributed by atoms with E-state index in [0.29, 0.717) is 0 Å². The van der Waals surface area contributed by atoms with E-state index >= 15 is 0 Å². The van der Waals surface area contributed by atoms with Crippen molar-refractivity contribution in [1.29, 1.82) is 0 Å². The molecule has 0 aliphatic carbocycles. The van der Waals surface area contributed by atoms with Gasteiger partial charge in [0.25, 0.3) is 0 Å². The first-order valence-electron chi connectivity index (χ1n) is 5.65. The first-order valence-corrected chi connectivity index (χ1v) is 5.65. The normalized spacial score (nSPS) is 14.4.